The number of nitrogens with zero attached hydrogens (tertiary/aromatic N) is 2. The van der Waals surface area contributed by atoms with E-state index in [0.717, 1.165) is 16.7 Å². The highest BCUT2D eigenvalue weighted by atomic mass is 127. The molecule has 4 rings (SSSR count). The number of nitro groups is 1. The van der Waals surface area contributed by atoms with Crippen LogP contribution in [0.1, 0.15) is 21.5 Å². The van der Waals surface area contributed by atoms with Gasteiger partial charge in [0.2, 0.25) is 0 Å². The van der Waals surface area contributed by atoms with Crippen molar-refractivity contribution in [1.29, 1.82) is 0 Å². The van der Waals surface area contributed by atoms with Crippen LogP contribution < -0.4 is 14.2 Å². The minimum absolute atomic E-state index is 0.0128. The van der Waals surface area contributed by atoms with Crippen LogP contribution in [0.15, 0.2) is 65.6 Å². The third-order valence-corrected chi connectivity index (χ3v) is 7.14. The van der Waals surface area contributed by atoms with Crippen LogP contribution in [0.25, 0.3) is 6.08 Å². The van der Waals surface area contributed by atoms with E-state index in [4.69, 9.17) is 14.2 Å². The van der Waals surface area contributed by atoms with Crippen molar-refractivity contribution in [2.24, 2.45) is 0 Å². The van der Waals surface area contributed by atoms with Crippen LogP contribution in [0.5, 0.6) is 17.2 Å². The first-order chi connectivity index (χ1) is 18.2. The van der Waals surface area contributed by atoms with Gasteiger partial charge in [0.15, 0.2) is 11.5 Å². The van der Waals surface area contributed by atoms with Gasteiger partial charge in [-0.25, -0.2) is 4.79 Å². The molecular formula is C26H19IN2O8S. The summed E-state index contributed by atoms with van der Waals surface area (Å²) in [5.74, 6) is 0.0361. The molecule has 0 unspecified atom stereocenters. The van der Waals surface area contributed by atoms with Gasteiger partial charge in [0.1, 0.15) is 5.75 Å². The zero-order chi connectivity index (χ0) is 27.4. The van der Waals surface area contributed by atoms with Crippen molar-refractivity contribution in [3.63, 3.8) is 0 Å². The van der Waals surface area contributed by atoms with Crippen LogP contribution >= 0.6 is 34.4 Å². The van der Waals surface area contributed by atoms with Crippen LogP contribution in [0.3, 0.4) is 0 Å². The average molecular weight is 646 g/mol. The molecule has 1 aliphatic heterocycles. The Morgan fingerprint density at radius 2 is 1.74 bits per heavy atom. The van der Waals surface area contributed by atoms with Gasteiger partial charge in [-0.3, -0.25) is 24.6 Å². The van der Waals surface area contributed by atoms with Gasteiger partial charge < -0.3 is 14.2 Å². The Morgan fingerprint density at radius 3 is 2.34 bits per heavy atom. The third-order valence-electron chi connectivity index (χ3n) is 5.43. The van der Waals surface area contributed by atoms with Crippen LogP contribution in [0, 0.1) is 13.7 Å². The first kappa shape index (κ1) is 27.1. The Hall–Kier alpha value is -3.91. The Morgan fingerprint density at radius 1 is 1.05 bits per heavy atom. The smallest absolute Gasteiger partial charge is 0.343 e. The first-order valence-electron chi connectivity index (χ1n) is 10.9. The largest absolute Gasteiger partial charge is 0.497 e. The first-order valence-corrected chi connectivity index (χ1v) is 12.8. The number of amides is 2. The molecule has 1 fully saturated rings. The summed E-state index contributed by atoms with van der Waals surface area (Å²) in [6.07, 6.45) is 1.56. The Labute approximate surface area is 234 Å². The van der Waals surface area contributed by atoms with Gasteiger partial charge in [-0.15, -0.1) is 0 Å². The maximum absolute atomic E-state index is 13.0. The number of esters is 1. The zero-order valence-electron chi connectivity index (χ0n) is 20.0. The lowest BCUT2D eigenvalue weighted by molar-refractivity contribution is -0.384. The number of nitro benzene ring substituents is 1. The molecule has 1 aliphatic rings. The second-order valence-corrected chi connectivity index (χ2v) is 10.00. The Balaban J connectivity index is 1.52. The lowest BCUT2D eigenvalue weighted by Crippen LogP contribution is -2.27. The number of non-ortho nitro benzene ring substituents is 1. The fraction of sp³-hybridized carbons (Fsp3) is 0.115. The molecule has 0 spiro atoms. The van der Waals surface area contributed by atoms with E-state index in [2.05, 4.69) is 0 Å². The number of hydrogen-bond donors (Lipinski definition) is 0. The number of hydrogen-bond acceptors (Lipinski definition) is 9. The van der Waals surface area contributed by atoms with E-state index in [-0.39, 0.29) is 28.6 Å². The van der Waals surface area contributed by atoms with Gasteiger partial charge >= 0.3 is 5.97 Å². The molecule has 0 atom stereocenters. The summed E-state index contributed by atoms with van der Waals surface area (Å²) in [5.41, 5.74) is 1.40. The fourth-order valence-corrected chi connectivity index (χ4v) is 5.07. The van der Waals surface area contributed by atoms with Crippen LogP contribution in [-0.2, 0) is 11.3 Å². The third kappa shape index (κ3) is 5.97. The molecule has 1 heterocycles. The second kappa shape index (κ2) is 11.6. The maximum Gasteiger partial charge on any atom is 0.343 e. The number of halogens is 1. The van der Waals surface area contributed by atoms with Crippen molar-refractivity contribution >= 4 is 63.2 Å². The SMILES string of the molecule is COc1ccc(C(=O)Oc2c(I)cc(/C=C3\SC(=O)N(Cc4ccc([N+](=O)[O-])cc4)C3=O)cc2OC)cc1. The van der Waals surface area contributed by atoms with Crippen molar-refractivity contribution < 1.29 is 33.5 Å². The number of carbonyl (C=O) groups is 3. The second-order valence-electron chi connectivity index (χ2n) is 7.84. The molecular weight excluding hydrogens is 627 g/mol. The monoisotopic (exact) mass is 646 g/mol. The average Bonchev–Trinajstić information content (AvgIpc) is 3.17. The summed E-state index contributed by atoms with van der Waals surface area (Å²) in [4.78, 5) is 49.7. The Bertz CT molecular complexity index is 1460. The highest BCUT2D eigenvalue weighted by Crippen LogP contribution is 2.38. The van der Waals surface area contributed by atoms with E-state index in [0.29, 0.717) is 26.0 Å². The van der Waals surface area contributed by atoms with E-state index >= 15 is 0 Å². The number of ether oxygens (including phenoxy) is 3. The van der Waals surface area contributed by atoms with E-state index in [1.165, 1.54) is 38.5 Å². The number of rotatable bonds is 8. The minimum atomic E-state index is -0.580. The predicted molar refractivity (Wildman–Crippen MR) is 148 cm³/mol. The van der Waals surface area contributed by atoms with Crippen molar-refractivity contribution in [1.82, 2.24) is 4.90 Å². The van der Waals surface area contributed by atoms with Crippen molar-refractivity contribution in [2.75, 3.05) is 14.2 Å². The van der Waals surface area contributed by atoms with Gasteiger partial charge in [-0.05, 0) is 88.0 Å². The summed E-state index contributed by atoms with van der Waals surface area (Å²) in [5, 5.41) is 10.4. The van der Waals surface area contributed by atoms with Crippen LogP contribution in [0.2, 0.25) is 0 Å². The van der Waals surface area contributed by atoms with E-state index in [1.54, 1.807) is 42.5 Å². The topological polar surface area (TPSA) is 125 Å². The summed E-state index contributed by atoms with van der Waals surface area (Å²) in [6, 6.07) is 15.4. The molecule has 0 bridgehead atoms. The van der Waals surface area contributed by atoms with Crippen molar-refractivity contribution in [3.8, 4) is 17.2 Å². The molecule has 0 N–H and O–H groups in total. The fourth-order valence-electron chi connectivity index (χ4n) is 3.49. The number of imide groups is 1. The van der Waals surface area contributed by atoms with E-state index in [9.17, 15) is 24.5 Å². The van der Waals surface area contributed by atoms with Crippen molar-refractivity contribution in [2.45, 2.75) is 6.54 Å². The summed E-state index contributed by atoms with van der Waals surface area (Å²) in [6.45, 7) is -0.0128. The quantitative estimate of drug-likeness (QED) is 0.0760. The molecule has 3 aromatic carbocycles. The van der Waals surface area contributed by atoms with Gasteiger partial charge in [-0.2, -0.15) is 0 Å². The molecule has 0 saturated carbocycles. The highest BCUT2D eigenvalue weighted by molar-refractivity contribution is 14.1. The molecule has 1 saturated heterocycles. The van der Waals surface area contributed by atoms with Crippen LogP contribution in [-0.4, -0.2) is 41.2 Å². The molecule has 0 aromatic heterocycles. The molecule has 38 heavy (non-hydrogen) atoms. The predicted octanol–water partition coefficient (Wildman–Crippen LogP) is 5.67. The number of benzene rings is 3. The molecule has 3 aromatic rings. The molecule has 12 heteroatoms. The molecule has 0 radical (unpaired) electrons. The molecule has 10 nitrogen and oxygen atoms in total. The number of carbonyl (C=O) groups excluding carboxylic acids is 3. The van der Waals surface area contributed by atoms with Gasteiger partial charge in [-0.1, -0.05) is 12.1 Å². The normalized spacial score (nSPS) is 14.1. The molecule has 2 amide bonds. The van der Waals surface area contributed by atoms with Gasteiger partial charge in [0.05, 0.1) is 39.7 Å². The van der Waals surface area contributed by atoms with Gasteiger partial charge in [0, 0.05) is 12.1 Å². The van der Waals surface area contributed by atoms with E-state index in [1.807, 2.05) is 22.6 Å². The minimum Gasteiger partial charge on any atom is -0.497 e. The van der Waals surface area contributed by atoms with Gasteiger partial charge in [0.25, 0.3) is 16.8 Å². The lowest BCUT2D eigenvalue weighted by atomic mass is 10.1. The molecule has 0 aliphatic carbocycles. The summed E-state index contributed by atoms with van der Waals surface area (Å²) >= 11 is 2.79. The summed E-state index contributed by atoms with van der Waals surface area (Å²) < 4.78 is 16.7. The Kier molecular flexibility index (Phi) is 8.32. The lowest BCUT2D eigenvalue weighted by Gasteiger charge is -2.13. The number of thioether (sulfide) groups is 1. The zero-order valence-corrected chi connectivity index (χ0v) is 23.0. The van der Waals surface area contributed by atoms with Crippen molar-refractivity contribution in [3.05, 3.63) is 95.9 Å². The van der Waals surface area contributed by atoms with Crippen LogP contribution in [0.4, 0.5) is 10.5 Å². The maximum atomic E-state index is 13.0. The standard InChI is InChI=1S/C26H19IN2O8S/c1-35-19-9-5-17(6-10-19)25(31)37-23-20(27)11-16(12-21(23)36-2)13-22-24(30)28(26(32)38-22)14-15-3-7-18(8-4-15)29(33)34/h3-13H,14H2,1-2H3/b22-13-. The van der Waals surface area contributed by atoms with E-state index < -0.39 is 22.0 Å². The highest BCUT2D eigenvalue weighted by Gasteiger charge is 2.35. The summed E-state index contributed by atoms with van der Waals surface area (Å²) in [7, 11) is 2.96. The number of methoxy groups -OCH3 is 2. The molecule has 194 valence electrons.